The van der Waals surface area contributed by atoms with Gasteiger partial charge in [-0.05, 0) is 47.1 Å². The van der Waals surface area contributed by atoms with Crippen molar-refractivity contribution in [1.29, 1.82) is 0 Å². The summed E-state index contributed by atoms with van der Waals surface area (Å²) in [5.41, 5.74) is -1.71. The summed E-state index contributed by atoms with van der Waals surface area (Å²) in [4.78, 5) is 27.0. The Morgan fingerprint density at radius 3 is 1.97 bits per heavy atom. The molecule has 2 rings (SSSR count). The molecule has 1 heterocycles. The van der Waals surface area contributed by atoms with Gasteiger partial charge < -0.3 is 33.5 Å². The number of ether oxygens (including phenoxy) is 6. The predicted octanol–water partition coefficient (Wildman–Crippen LogP) is 2.75. The lowest BCUT2D eigenvalue weighted by molar-refractivity contribution is -0.452. The van der Waals surface area contributed by atoms with Gasteiger partial charge in [0.1, 0.15) is 5.92 Å². The van der Waals surface area contributed by atoms with E-state index >= 15 is 0 Å². The lowest BCUT2D eigenvalue weighted by atomic mass is 9.79. The van der Waals surface area contributed by atoms with Crippen LogP contribution in [0.2, 0.25) is 0 Å². The van der Waals surface area contributed by atoms with Gasteiger partial charge in [0, 0.05) is 14.2 Å². The van der Waals surface area contributed by atoms with Crippen LogP contribution in [-0.2, 0) is 38.0 Å². The molecule has 0 amide bonds. The molecular formula is C24H36O9. The van der Waals surface area contributed by atoms with E-state index in [-0.39, 0.29) is 0 Å². The van der Waals surface area contributed by atoms with E-state index in [9.17, 15) is 14.7 Å². The van der Waals surface area contributed by atoms with E-state index in [1.165, 1.54) is 21.1 Å². The first-order valence-electron chi connectivity index (χ1n) is 10.9. The number of benzene rings is 1. The third kappa shape index (κ3) is 5.38. The molecule has 1 N–H and O–H groups in total. The van der Waals surface area contributed by atoms with Gasteiger partial charge in [0.15, 0.2) is 0 Å². The SMILES string of the molecule is CO[C@]1(C)OC[C@](C(=O)OC(C)C)(C(C(=O)OC(C)C)C(O)c2ccccc2)O[C@@]1(C)OC. The number of rotatable bonds is 9. The molecule has 1 aromatic carbocycles. The van der Waals surface area contributed by atoms with Crippen LogP contribution in [0, 0.1) is 5.92 Å². The van der Waals surface area contributed by atoms with Gasteiger partial charge in [-0.2, -0.15) is 0 Å². The first kappa shape index (κ1) is 27.2. The fourth-order valence-corrected chi connectivity index (χ4v) is 3.73. The highest BCUT2D eigenvalue weighted by Gasteiger charge is 2.67. The zero-order valence-corrected chi connectivity index (χ0v) is 20.6. The molecule has 0 spiro atoms. The minimum absolute atomic E-state index is 0.391. The number of carbonyl (C=O) groups excluding carboxylic acids is 2. The molecule has 9 heteroatoms. The highest BCUT2D eigenvalue weighted by Crippen LogP contribution is 2.47. The summed E-state index contributed by atoms with van der Waals surface area (Å²) in [6.45, 7) is 9.32. The maximum absolute atomic E-state index is 13.6. The molecule has 1 aromatic rings. The maximum Gasteiger partial charge on any atom is 0.342 e. The molecule has 2 unspecified atom stereocenters. The van der Waals surface area contributed by atoms with E-state index < -0.39 is 60.0 Å². The normalized spacial score (nSPS) is 29.5. The topological polar surface area (TPSA) is 110 Å². The van der Waals surface area contributed by atoms with Crippen molar-refractivity contribution in [1.82, 2.24) is 0 Å². The molecule has 0 radical (unpaired) electrons. The van der Waals surface area contributed by atoms with Crippen molar-refractivity contribution in [3.8, 4) is 0 Å². The minimum Gasteiger partial charge on any atom is -0.463 e. The van der Waals surface area contributed by atoms with Crippen LogP contribution in [0.4, 0.5) is 0 Å². The van der Waals surface area contributed by atoms with E-state index in [0.29, 0.717) is 5.56 Å². The number of carbonyl (C=O) groups is 2. The van der Waals surface area contributed by atoms with Crippen molar-refractivity contribution >= 4 is 11.9 Å². The summed E-state index contributed by atoms with van der Waals surface area (Å²) in [5.74, 6) is -6.34. The third-order valence-electron chi connectivity index (χ3n) is 5.80. The smallest absolute Gasteiger partial charge is 0.342 e. The van der Waals surface area contributed by atoms with Crippen molar-refractivity contribution in [2.75, 3.05) is 20.8 Å². The van der Waals surface area contributed by atoms with Crippen molar-refractivity contribution in [2.24, 2.45) is 5.92 Å². The highest BCUT2D eigenvalue weighted by molar-refractivity contribution is 5.89. The third-order valence-corrected chi connectivity index (χ3v) is 5.80. The summed E-state index contributed by atoms with van der Waals surface area (Å²) in [7, 11) is 2.77. The average Bonchev–Trinajstić information content (AvgIpc) is 2.76. The molecule has 0 saturated carbocycles. The lowest BCUT2D eigenvalue weighted by Gasteiger charge is -2.54. The summed E-state index contributed by atoms with van der Waals surface area (Å²) >= 11 is 0. The van der Waals surface area contributed by atoms with Crippen LogP contribution >= 0.6 is 0 Å². The molecule has 1 saturated heterocycles. The Hall–Kier alpha value is -2.04. The Balaban J connectivity index is 2.71. The van der Waals surface area contributed by atoms with Crippen molar-refractivity contribution < 1.29 is 43.1 Å². The Morgan fingerprint density at radius 2 is 1.48 bits per heavy atom. The second kappa shape index (κ2) is 10.5. The Bertz CT molecular complexity index is 811. The number of methoxy groups -OCH3 is 2. The van der Waals surface area contributed by atoms with Crippen LogP contribution in [0.25, 0.3) is 0 Å². The van der Waals surface area contributed by atoms with Gasteiger partial charge in [0.25, 0.3) is 0 Å². The first-order valence-corrected chi connectivity index (χ1v) is 10.9. The number of esters is 2. The fraction of sp³-hybridized carbons (Fsp3) is 0.667. The number of aliphatic hydroxyl groups excluding tert-OH is 1. The maximum atomic E-state index is 13.6. The second-order valence-corrected chi connectivity index (χ2v) is 8.85. The molecule has 1 fully saturated rings. The minimum atomic E-state index is -2.10. The van der Waals surface area contributed by atoms with Gasteiger partial charge in [-0.15, -0.1) is 0 Å². The van der Waals surface area contributed by atoms with Crippen LogP contribution in [0.1, 0.15) is 53.2 Å². The van der Waals surface area contributed by atoms with E-state index in [2.05, 4.69) is 0 Å². The van der Waals surface area contributed by atoms with Crippen molar-refractivity contribution in [3.63, 3.8) is 0 Å². The summed E-state index contributed by atoms with van der Waals surface area (Å²) in [6.07, 6.45) is -2.52. The monoisotopic (exact) mass is 468 g/mol. The van der Waals surface area contributed by atoms with E-state index in [1.54, 1.807) is 65.0 Å². The lowest BCUT2D eigenvalue weighted by Crippen LogP contribution is -2.72. The molecule has 9 nitrogen and oxygen atoms in total. The van der Waals surface area contributed by atoms with Crippen LogP contribution in [0.15, 0.2) is 30.3 Å². The molecule has 5 atom stereocenters. The van der Waals surface area contributed by atoms with Crippen LogP contribution in [0.5, 0.6) is 0 Å². The fourth-order valence-electron chi connectivity index (χ4n) is 3.73. The second-order valence-electron chi connectivity index (χ2n) is 8.85. The summed E-state index contributed by atoms with van der Waals surface area (Å²) in [6, 6.07) is 8.47. The summed E-state index contributed by atoms with van der Waals surface area (Å²) < 4.78 is 34.3. The van der Waals surface area contributed by atoms with Gasteiger partial charge in [-0.3, -0.25) is 4.79 Å². The molecule has 0 aliphatic carbocycles. The van der Waals surface area contributed by atoms with E-state index in [1.807, 2.05) is 0 Å². The van der Waals surface area contributed by atoms with Crippen LogP contribution in [0.3, 0.4) is 0 Å². The predicted molar refractivity (Wildman–Crippen MR) is 118 cm³/mol. The Labute approximate surface area is 195 Å². The Morgan fingerprint density at radius 1 is 0.939 bits per heavy atom. The number of hydrogen-bond acceptors (Lipinski definition) is 9. The van der Waals surface area contributed by atoms with Gasteiger partial charge >= 0.3 is 11.9 Å². The van der Waals surface area contributed by atoms with Gasteiger partial charge in [0.2, 0.25) is 17.2 Å². The van der Waals surface area contributed by atoms with E-state index in [4.69, 9.17) is 28.4 Å². The molecule has 1 aliphatic heterocycles. The van der Waals surface area contributed by atoms with Crippen LogP contribution < -0.4 is 0 Å². The average molecular weight is 469 g/mol. The zero-order chi connectivity index (χ0) is 25.0. The van der Waals surface area contributed by atoms with Gasteiger partial charge in [-0.25, -0.2) is 4.79 Å². The summed E-state index contributed by atoms with van der Waals surface area (Å²) in [5, 5.41) is 11.4. The number of aliphatic hydroxyl groups is 1. The molecular weight excluding hydrogens is 432 g/mol. The quantitative estimate of drug-likeness (QED) is 0.547. The molecule has 186 valence electrons. The van der Waals surface area contributed by atoms with Crippen LogP contribution in [-0.4, -0.2) is 67.3 Å². The zero-order valence-electron chi connectivity index (χ0n) is 20.6. The molecule has 33 heavy (non-hydrogen) atoms. The molecule has 1 aliphatic rings. The van der Waals surface area contributed by atoms with Gasteiger partial charge in [0.05, 0.1) is 24.9 Å². The van der Waals surface area contributed by atoms with E-state index in [0.717, 1.165) is 0 Å². The van der Waals surface area contributed by atoms with Gasteiger partial charge in [-0.1, -0.05) is 30.3 Å². The number of hydrogen-bond donors (Lipinski definition) is 1. The Kier molecular flexibility index (Phi) is 8.64. The first-order chi connectivity index (χ1) is 15.4. The standard InChI is InChI=1S/C24H36O9/c1-15(2)31-20(26)18(19(25)17-12-10-9-11-13-17)24(21(27)32-16(3)4)14-30-22(5,28-7)23(6,29-8)33-24/h9-13,15-16,18-19,25H,14H2,1-8H3/t18?,19?,22-,23-,24-/m1/s1. The molecule has 0 bridgehead atoms. The molecule has 0 aromatic heterocycles. The van der Waals surface area contributed by atoms with Crippen molar-refractivity contribution in [3.05, 3.63) is 35.9 Å². The van der Waals surface area contributed by atoms with Crippen molar-refractivity contribution in [2.45, 2.75) is 77.0 Å². The largest absolute Gasteiger partial charge is 0.463 e. The highest BCUT2D eigenvalue weighted by atomic mass is 16.8.